The van der Waals surface area contributed by atoms with Crippen LogP contribution in [0.3, 0.4) is 0 Å². The smallest absolute Gasteiger partial charge is 0.319 e. The molecule has 0 aliphatic carbocycles. The summed E-state index contributed by atoms with van der Waals surface area (Å²) in [5, 5.41) is 7.35. The lowest BCUT2D eigenvalue weighted by Crippen LogP contribution is -2.53. The van der Waals surface area contributed by atoms with Crippen molar-refractivity contribution in [3.8, 4) is 5.75 Å². The van der Waals surface area contributed by atoms with Gasteiger partial charge in [0, 0.05) is 12.6 Å². The number of likely N-dealkylation sites (tertiary alicyclic amines) is 1. The minimum atomic E-state index is -0.214. The summed E-state index contributed by atoms with van der Waals surface area (Å²) in [6, 6.07) is 13.2. The summed E-state index contributed by atoms with van der Waals surface area (Å²) in [7, 11) is 1.60. The number of urea groups is 1. The molecule has 33 heavy (non-hydrogen) atoms. The first-order valence-electron chi connectivity index (χ1n) is 11.5. The highest BCUT2D eigenvalue weighted by Crippen LogP contribution is 2.28. The van der Waals surface area contributed by atoms with Crippen molar-refractivity contribution in [2.45, 2.75) is 46.1 Å². The van der Waals surface area contributed by atoms with Crippen molar-refractivity contribution in [1.29, 1.82) is 0 Å². The first kappa shape index (κ1) is 25.7. The van der Waals surface area contributed by atoms with Gasteiger partial charge in [-0.05, 0) is 73.5 Å². The molecule has 1 heterocycles. The molecule has 2 aromatic carbocycles. The Labute approximate surface area is 207 Å². The van der Waals surface area contributed by atoms with Crippen LogP contribution in [0.1, 0.15) is 39.2 Å². The largest absolute Gasteiger partial charge is 0.495 e. The summed E-state index contributed by atoms with van der Waals surface area (Å²) in [5.74, 6) is 1.28. The summed E-state index contributed by atoms with van der Waals surface area (Å²) in [4.78, 5) is 15.2. The maximum absolute atomic E-state index is 12.8. The van der Waals surface area contributed by atoms with Crippen molar-refractivity contribution < 1.29 is 9.53 Å². The van der Waals surface area contributed by atoms with Crippen LogP contribution in [0.25, 0.3) is 0 Å². The van der Waals surface area contributed by atoms with Crippen molar-refractivity contribution in [1.82, 2.24) is 10.2 Å². The molecule has 1 fully saturated rings. The lowest BCUT2D eigenvalue weighted by atomic mass is 9.85. The lowest BCUT2D eigenvalue weighted by Gasteiger charge is -2.39. The number of para-hydroxylation sites is 2. The number of nitrogens with one attached hydrogen (secondary N) is 2. The van der Waals surface area contributed by atoms with Gasteiger partial charge in [0.15, 0.2) is 0 Å². The number of hydrogen-bond donors (Lipinski definition) is 2. The molecule has 1 aliphatic heterocycles. The Morgan fingerprint density at radius 3 is 2.45 bits per heavy atom. The minimum absolute atomic E-state index is 0.0128. The van der Waals surface area contributed by atoms with E-state index in [1.807, 2.05) is 36.4 Å². The van der Waals surface area contributed by atoms with Gasteiger partial charge in [-0.15, -0.1) is 0 Å². The van der Waals surface area contributed by atoms with Crippen LogP contribution in [0.2, 0.25) is 10.0 Å². The second-order valence-corrected chi connectivity index (χ2v) is 10.7. The molecule has 2 aromatic rings. The van der Waals surface area contributed by atoms with E-state index in [-0.39, 0.29) is 17.5 Å². The molecule has 0 radical (unpaired) electrons. The number of methoxy groups -OCH3 is 1. The molecule has 0 aromatic heterocycles. The number of anilines is 1. The van der Waals surface area contributed by atoms with Gasteiger partial charge in [-0.3, -0.25) is 0 Å². The molecule has 1 atom stereocenters. The van der Waals surface area contributed by atoms with Crippen LogP contribution in [0.5, 0.6) is 5.75 Å². The second kappa shape index (κ2) is 11.5. The van der Waals surface area contributed by atoms with Crippen LogP contribution < -0.4 is 15.4 Å². The highest BCUT2D eigenvalue weighted by atomic mass is 35.5. The number of amides is 2. The SMILES string of the molecule is COc1ccccc1NC(=O)NC(CN1CCC(Cc2ccc(Cl)c(Cl)c2)CC1)C(C)(C)C. The van der Waals surface area contributed by atoms with Crippen LogP contribution in [-0.4, -0.2) is 43.7 Å². The molecule has 180 valence electrons. The third kappa shape index (κ3) is 7.53. The van der Waals surface area contributed by atoms with Crippen LogP contribution in [0.15, 0.2) is 42.5 Å². The van der Waals surface area contributed by atoms with E-state index in [2.05, 4.69) is 42.4 Å². The maximum atomic E-state index is 12.8. The molecule has 3 rings (SSSR count). The first-order chi connectivity index (χ1) is 15.7. The van der Waals surface area contributed by atoms with Gasteiger partial charge in [-0.1, -0.05) is 62.2 Å². The van der Waals surface area contributed by atoms with Gasteiger partial charge in [0.05, 0.1) is 22.8 Å². The van der Waals surface area contributed by atoms with E-state index < -0.39 is 0 Å². The van der Waals surface area contributed by atoms with Gasteiger partial charge >= 0.3 is 6.03 Å². The van der Waals surface area contributed by atoms with Gasteiger partial charge < -0.3 is 20.3 Å². The van der Waals surface area contributed by atoms with E-state index in [9.17, 15) is 4.79 Å². The average Bonchev–Trinajstić information content (AvgIpc) is 2.77. The predicted octanol–water partition coefficient (Wildman–Crippen LogP) is 6.49. The van der Waals surface area contributed by atoms with Crippen molar-refractivity contribution in [2.24, 2.45) is 11.3 Å². The molecule has 0 saturated carbocycles. The number of nitrogens with zero attached hydrogens (tertiary/aromatic N) is 1. The molecule has 1 unspecified atom stereocenters. The fourth-order valence-corrected chi connectivity index (χ4v) is 4.55. The van der Waals surface area contributed by atoms with Gasteiger partial charge in [-0.2, -0.15) is 0 Å². The number of carbonyl (C=O) groups is 1. The molecular weight excluding hydrogens is 457 g/mol. The summed E-state index contributed by atoms with van der Waals surface area (Å²) in [6.45, 7) is 9.36. The van der Waals surface area contributed by atoms with Crippen molar-refractivity contribution in [3.63, 3.8) is 0 Å². The van der Waals surface area contributed by atoms with Crippen molar-refractivity contribution >= 4 is 34.9 Å². The number of carbonyl (C=O) groups excluding carboxylic acids is 1. The van der Waals surface area contributed by atoms with Gasteiger partial charge in [0.1, 0.15) is 5.75 Å². The Morgan fingerprint density at radius 1 is 1.12 bits per heavy atom. The van der Waals surface area contributed by atoms with Crippen LogP contribution >= 0.6 is 23.2 Å². The third-order valence-electron chi connectivity index (χ3n) is 6.36. The number of rotatable bonds is 7. The van der Waals surface area contributed by atoms with E-state index in [0.29, 0.717) is 27.4 Å². The molecule has 2 N–H and O–H groups in total. The molecule has 7 heteroatoms. The fraction of sp³-hybridized carbons (Fsp3) is 0.500. The monoisotopic (exact) mass is 491 g/mol. The maximum Gasteiger partial charge on any atom is 0.319 e. The zero-order valence-electron chi connectivity index (χ0n) is 20.0. The summed E-state index contributed by atoms with van der Waals surface area (Å²) >= 11 is 12.2. The summed E-state index contributed by atoms with van der Waals surface area (Å²) in [5.41, 5.74) is 1.83. The molecule has 0 spiro atoms. The number of halogens is 2. The molecule has 1 aliphatic rings. The fourth-order valence-electron chi connectivity index (χ4n) is 4.23. The standard InChI is InChI=1S/C26H35Cl2N3O2/c1-26(2,3)24(30-25(32)29-22-7-5-6-8-23(22)33-4)17-31-13-11-18(12-14-31)15-19-9-10-20(27)21(28)16-19/h5-10,16,18,24H,11-15,17H2,1-4H3,(H2,29,30,32). The molecule has 5 nitrogen and oxygen atoms in total. The van der Waals surface area contributed by atoms with E-state index in [0.717, 1.165) is 38.9 Å². The lowest BCUT2D eigenvalue weighted by molar-refractivity contribution is 0.135. The third-order valence-corrected chi connectivity index (χ3v) is 7.10. The number of hydrogen-bond acceptors (Lipinski definition) is 3. The molecule has 1 saturated heterocycles. The van der Waals surface area contributed by atoms with Crippen LogP contribution in [-0.2, 0) is 6.42 Å². The molecule has 2 amide bonds. The zero-order chi connectivity index (χ0) is 24.0. The zero-order valence-corrected chi connectivity index (χ0v) is 21.5. The summed E-state index contributed by atoms with van der Waals surface area (Å²) < 4.78 is 5.34. The molecular formula is C26H35Cl2N3O2. The Morgan fingerprint density at radius 2 is 1.82 bits per heavy atom. The Kier molecular flexibility index (Phi) is 8.91. The quantitative estimate of drug-likeness (QED) is 0.464. The van der Waals surface area contributed by atoms with E-state index in [1.54, 1.807) is 7.11 Å². The average molecular weight is 492 g/mol. The highest BCUT2D eigenvalue weighted by molar-refractivity contribution is 6.42. The van der Waals surface area contributed by atoms with Crippen LogP contribution in [0, 0.1) is 11.3 Å². The first-order valence-corrected chi connectivity index (χ1v) is 12.3. The Bertz CT molecular complexity index is 937. The number of benzene rings is 2. The van der Waals surface area contributed by atoms with Crippen molar-refractivity contribution in [3.05, 3.63) is 58.1 Å². The Balaban J connectivity index is 1.53. The van der Waals surface area contributed by atoms with E-state index in [4.69, 9.17) is 27.9 Å². The van der Waals surface area contributed by atoms with E-state index >= 15 is 0 Å². The highest BCUT2D eigenvalue weighted by Gasteiger charge is 2.30. The topological polar surface area (TPSA) is 53.6 Å². The predicted molar refractivity (Wildman–Crippen MR) is 138 cm³/mol. The number of ether oxygens (including phenoxy) is 1. The summed E-state index contributed by atoms with van der Waals surface area (Å²) in [6.07, 6.45) is 3.28. The van der Waals surface area contributed by atoms with Crippen LogP contribution in [0.4, 0.5) is 10.5 Å². The van der Waals surface area contributed by atoms with Gasteiger partial charge in [0.25, 0.3) is 0 Å². The Hall–Kier alpha value is -1.95. The molecule has 0 bridgehead atoms. The van der Waals surface area contributed by atoms with Gasteiger partial charge in [0.2, 0.25) is 0 Å². The van der Waals surface area contributed by atoms with Gasteiger partial charge in [-0.25, -0.2) is 4.79 Å². The van der Waals surface area contributed by atoms with E-state index in [1.165, 1.54) is 5.56 Å². The minimum Gasteiger partial charge on any atom is -0.495 e. The van der Waals surface area contributed by atoms with Crippen molar-refractivity contribution in [2.75, 3.05) is 32.1 Å². The number of piperidine rings is 1. The normalized spacial score (nSPS) is 16.3. The second-order valence-electron chi connectivity index (χ2n) is 9.91.